The van der Waals surface area contributed by atoms with Crippen molar-refractivity contribution in [3.8, 4) is 0 Å². The van der Waals surface area contributed by atoms with Crippen LogP contribution in [0.15, 0.2) is 48.8 Å². The summed E-state index contributed by atoms with van der Waals surface area (Å²) in [5.74, 6) is 0.420. The first-order valence-electron chi connectivity index (χ1n) is 12.1. The molecule has 0 saturated carbocycles. The monoisotopic (exact) mass is 446 g/mol. The molecule has 6 nitrogen and oxygen atoms in total. The summed E-state index contributed by atoms with van der Waals surface area (Å²) in [4.78, 5) is 19.6. The van der Waals surface area contributed by atoms with Crippen LogP contribution >= 0.6 is 0 Å². The van der Waals surface area contributed by atoms with Crippen LogP contribution in [-0.4, -0.2) is 57.2 Å². The van der Waals surface area contributed by atoms with Crippen LogP contribution in [0.5, 0.6) is 0 Å². The Balaban J connectivity index is 1.38. The number of nitrogens with zero attached hydrogens (tertiary/aromatic N) is 3. The Kier molecular flexibility index (Phi) is 5.75. The van der Waals surface area contributed by atoms with Gasteiger partial charge < -0.3 is 15.0 Å². The fourth-order valence-electron chi connectivity index (χ4n) is 5.90. The molecule has 5 rings (SSSR count). The maximum atomic E-state index is 13.1. The van der Waals surface area contributed by atoms with E-state index in [0.717, 1.165) is 18.7 Å². The van der Waals surface area contributed by atoms with Crippen LogP contribution in [-0.2, 0) is 24.2 Å². The fourth-order valence-corrected chi connectivity index (χ4v) is 5.90. The van der Waals surface area contributed by atoms with E-state index in [2.05, 4.69) is 58.0 Å². The lowest BCUT2D eigenvalue weighted by molar-refractivity contribution is -0.148. The van der Waals surface area contributed by atoms with Gasteiger partial charge >= 0.3 is 0 Å². The number of rotatable bonds is 6. The quantitative estimate of drug-likeness (QED) is 0.610. The van der Waals surface area contributed by atoms with Crippen molar-refractivity contribution in [3.05, 3.63) is 65.6 Å². The zero-order valence-electron chi connectivity index (χ0n) is 19.8. The summed E-state index contributed by atoms with van der Waals surface area (Å²) in [6.07, 6.45) is 6.13. The van der Waals surface area contributed by atoms with Gasteiger partial charge in [-0.3, -0.25) is 14.7 Å². The number of benzene rings is 1. The minimum Gasteiger partial charge on any atom is -0.379 e. The lowest BCUT2D eigenvalue weighted by Crippen LogP contribution is -2.62. The molecule has 0 bridgehead atoms. The molecule has 2 aromatic heterocycles. The number of likely N-dealkylation sites (N-methyl/N-ethyl adjacent to an activating group) is 1. The van der Waals surface area contributed by atoms with E-state index in [-0.39, 0.29) is 11.8 Å². The van der Waals surface area contributed by atoms with Gasteiger partial charge in [-0.2, -0.15) is 0 Å². The van der Waals surface area contributed by atoms with Gasteiger partial charge in [-0.05, 0) is 55.1 Å². The van der Waals surface area contributed by atoms with E-state index in [4.69, 9.17) is 0 Å². The number of fused-ring (bicyclic) bond motifs is 2. The van der Waals surface area contributed by atoms with Crippen LogP contribution in [0, 0.1) is 5.92 Å². The molecular formula is C27H34N4O2. The van der Waals surface area contributed by atoms with Gasteiger partial charge in [0, 0.05) is 67.0 Å². The van der Waals surface area contributed by atoms with Crippen molar-refractivity contribution in [2.45, 2.75) is 57.2 Å². The van der Waals surface area contributed by atoms with Crippen LogP contribution in [0.1, 0.15) is 43.0 Å². The zero-order valence-corrected chi connectivity index (χ0v) is 19.8. The van der Waals surface area contributed by atoms with Gasteiger partial charge in [0.1, 0.15) is 0 Å². The van der Waals surface area contributed by atoms with Crippen molar-refractivity contribution in [3.63, 3.8) is 0 Å². The van der Waals surface area contributed by atoms with E-state index in [1.54, 1.807) is 6.20 Å². The first kappa shape index (κ1) is 22.1. The van der Waals surface area contributed by atoms with E-state index < -0.39 is 5.60 Å². The van der Waals surface area contributed by atoms with Gasteiger partial charge in [0.25, 0.3) is 5.91 Å². The molecule has 174 valence electrons. The molecule has 6 heteroatoms. The second-order valence-corrected chi connectivity index (χ2v) is 10.3. The summed E-state index contributed by atoms with van der Waals surface area (Å²) >= 11 is 0. The molecule has 1 fully saturated rings. The Morgan fingerprint density at radius 2 is 2.12 bits per heavy atom. The van der Waals surface area contributed by atoms with Crippen LogP contribution in [0.2, 0.25) is 0 Å². The zero-order chi connectivity index (χ0) is 23.2. The number of pyridine rings is 1. The maximum Gasteiger partial charge on any atom is 0.253 e. The van der Waals surface area contributed by atoms with E-state index in [1.807, 2.05) is 25.2 Å². The number of amides is 1. The average Bonchev–Trinajstić information content (AvgIpc) is 3.13. The lowest BCUT2D eigenvalue weighted by atomic mass is 9.70. The van der Waals surface area contributed by atoms with Gasteiger partial charge in [0.2, 0.25) is 0 Å². The highest BCUT2D eigenvalue weighted by atomic mass is 16.3. The molecule has 1 unspecified atom stereocenters. The highest BCUT2D eigenvalue weighted by Crippen LogP contribution is 2.46. The minimum absolute atomic E-state index is 0.126. The molecule has 2 aliphatic rings. The predicted octanol–water partition coefficient (Wildman–Crippen LogP) is 3.13. The van der Waals surface area contributed by atoms with Crippen molar-refractivity contribution in [2.24, 2.45) is 5.92 Å². The Bertz CT molecular complexity index is 1160. The number of nitrogens with one attached hydrogen (secondary N) is 1. The number of likely N-dealkylation sites (tertiary alicyclic amines) is 1. The predicted molar refractivity (Wildman–Crippen MR) is 130 cm³/mol. The van der Waals surface area contributed by atoms with Gasteiger partial charge in [-0.15, -0.1) is 0 Å². The third-order valence-corrected chi connectivity index (χ3v) is 7.32. The SMILES string of the molecule is CC(C)Cn1cc2c3c(cccc31)[C@H]1CC(O)(C(=O)NCCc3ccccn3)CN(C)[C@@H]1C2. The third-order valence-electron chi connectivity index (χ3n) is 7.32. The van der Waals surface area contributed by atoms with Crippen molar-refractivity contribution in [1.82, 2.24) is 19.8 Å². The Morgan fingerprint density at radius 1 is 1.27 bits per heavy atom. The molecule has 1 saturated heterocycles. The number of hydrogen-bond donors (Lipinski definition) is 2. The highest BCUT2D eigenvalue weighted by Gasteiger charge is 2.49. The van der Waals surface area contributed by atoms with Crippen LogP contribution in [0.3, 0.4) is 0 Å². The van der Waals surface area contributed by atoms with E-state index in [0.29, 0.717) is 37.9 Å². The van der Waals surface area contributed by atoms with Crippen LogP contribution < -0.4 is 5.32 Å². The van der Waals surface area contributed by atoms with Gasteiger partial charge in [-0.1, -0.05) is 32.0 Å². The van der Waals surface area contributed by atoms with Gasteiger partial charge in [0.05, 0.1) is 0 Å². The Hall–Kier alpha value is -2.70. The standard InChI is InChI=1S/C27H34N4O2/c1-18(2)15-31-16-19-13-24-22(21-8-6-9-23(31)25(19)21)14-27(33,17-30(24)3)26(32)29-12-10-20-7-4-5-11-28-20/h4-9,11,16,18,22,24,33H,10,12-15,17H2,1-3H3,(H,29,32)/t22-,24-,27?/m1/s1. The molecular weight excluding hydrogens is 412 g/mol. The number of carbonyl (C=O) groups excluding carboxylic acids is 1. The Morgan fingerprint density at radius 3 is 2.88 bits per heavy atom. The normalized spacial score (nSPS) is 24.8. The van der Waals surface area contributed by atoms with Crippen molar-refractivity contribution in [1.29, 1.82) is 0 Å². The first-order valence-corrected chi connectivity index (χ1v) is 12.1. The molecule has 3 aromatic rings. The molecule has 0 spiro atoms. The first-order chi connectivity index (χ1) is 15.9. The third kappa shape index (κ3) is 4.06. The molecule has 1 aliphatic heterocycles. The maximum absolute atomic E-state index is 13.1. The summed E-state index contributed by atoms with van der Waals surface area (Å²) < 4.78 is 2.38. The number of carbonyl (C=O) groups is 1. The molecule has 33 heavy (non-hydrogen) atoms. The number of β-amino-alcohol motifs (C(OH)–C–C–N with tert-alkyl or cyclic N) is 1. The molecule has 1 aliphatic carbocycles. The van der Waals surface area contributed by atoms with Crippen LogP contribution in [0.4, 0.5) is 0 Å². The van der Waals surface area contributed by atoms with E-state index in [9.17, 15) is 9.90 Å². The Labute approximate surface area is 195 Å². The van der Waals surface area contributed by atoms with E-state index in [1.165, 1.54) is 22.0 Å². The van der Waals surface area contributed by atoms with Gasteiger partial charge in [-0.25, -0.2) is 0 Å². The number of aliphatic hydroxyl groups is 1. The van der Waals surface area contributed by atoms with Crippen molar-refractivity contribution >= 4 is 16.8 Å². The summed E-state index contributed by atoms with van der Waals surface area (Å²) in [6, 6.07) is 12.6. The summed E-state index contributed by atoms with van der Waals surface area (Å²) in [6.45, 7) is 6.30. The molecule has 2 N–H and O–H groups in total. The fraction of sp³-hybridized carbons (Fsp3) is 0.481. The highest BCUT2D eigenvalue weighted by molar-refractivity contribution is 5.90. The number of piperidine rings is 1. The van der Waals surface area contributed by atoms with E-state index >= 15 is 0 Å². The summed E-state index contributed by atoms with van der Waals surface area (Å²) in [5.41, 5.74) is 3.46. The largest absolute Gasteiger partial charge is 0.379 e. The minimum atomic E-state index is -1.40. The molecule has 3 atom stereocenters. The number of hydrogen-bond acceptors (Lipinski definition) is 4. The number of aromatic nitrogens is 2. The molecule has 3 heterocycles. The lowest BCUT2D eigenvalue weighted by Gasteiger charge is -2.48. The van der Waals surface area contributed by atoms with Crippen LogP contribution in [0.25, 0.3) is 10.9 Å². The van der Waals surface area contributed by atoms with Crippen molar-refractivity contribution < 1.29 is 9.90 Å². The second-order valence-electron chi connectivity index (χ2n) is 10.3. The molecule has 1 aromatic carbocycles. The topological polar surface area (TPSA) is 70.4 Å². The van der Waals surface area contributed by atoms with Gasteiger partial charge in [0.15, 0.2) is 5.60 Å². The van der Waals surface area contributed by atoms with Crippen molar-refractivity contribution in [2.75, 3.05) is 20.1 Å². The summed E-state index contributed by atoms with van der Waals surface area (Å²) in [5, 5.41) is 15.8. The summed E-state index contributed by atoms with van der Waals surface area (Å²) in [7, 11) is 2.04. The second kappa shape index (κ2) is 8.58. The molecule has 0 radical (unpaired) electrons. The molecule has 1 amide bonds. The smallest absolute Gasteiger partial charge is 0.253 e. The average molecular weight is 447 g/mol.